The van der Waals surface area contributed by atoms with E-state index >= 15 is 0 Å². The second-order valence-electron chi connectivity index (χ2n) is 7.81. The molecule has 172 valence electrons. The largest absolute Gasteiger partial charge is 0.289 e. The lowest BCUT2D eigenvalue weighted by Gasteiger charge is -2.10. The van der Waals surface area contributed by atoms with Gasteiger partial charge in [0.25, 0.3) is 0 Å². The number of aromatic nitrogens is 3. The van der Waals surface area contributed by atoms with Crippen molar-refractivity contribution in [2.75, 3.05) is 0 Å². The molecule has 0 bridgehead atoms. The number of pyridine rings is 1. The molecular formula is C28H19Cl2N3OS. The molecule has 0 saturated heterocycles. The molecule has 0 atom stereocenters. The molecule has 4 nitrogen and oxygen atoms in total. The molecule has 35 heavy (non-hydrogen) atoms. The Bertz CT molecular complexity index is 1570. The number of aryl methyl sites for hydroxylation is 1. The SMILES string of the molecule is Cc1nn(-c2ccccc2)c(Sc2cccc3cccnc23)c1/C=C/C(=O)c1ccc(Cl)cc1Cl. The number of hydrogen-bond acceptors (Lipinski definition) is 4. The molecule has 0 unspecified atom stereocenters. The molecule has 0 aliphatic carbocycles. The highest BCUT2D eigenvalue weighted by Gasteiger charge is 2.18. The van der Waals surface area contributed by atoms with Crippen LogP contribution >= 0.6 is 35.0 Å². The van der Waals surface area contributed by atoms with Gasteiger partial charge in [0.05, 0.1) is 21.9 Å². The number of nitrogens with zero attached hydrogens (tertiary/aromatic N) is 3. The lowest BCUT2D eigenvalue weighted by atomic mass is 10.1. The number of ketones is 1. The zero-order chi connectivity index (χ0) is 24.4. The minimum Gasteiger partial charge on any atom is -0.289 e. The number of rotatable bonds is 6. The molecule has 2 heterocycles. The van der Waals surface area contributed by atoms with Gasteiger partial charge in [-0.05, 0) is 61.5 Å². The maximum Gasteiger partial charge on any atom is 0.187 e. The van der Waals surface area contributed by atoms with Crippen LogP contribution in [0.3, 0.4) is 0 Å². The van der Waals surface area contributed by atoms with Crippen LogP contribution in [0, 0.1) is 6.92 Å². The number of benzene rings is 3. The van der Waals surface area contributed by atoms with E-state index in [9.17, 15) is 4.79 Å². The van der Waals surface area contributed by atoms with Gasteiger partial charge in [0, 0.05) is 32.6 Å². The number of fused-ring (bicyclic) bond motifs is 1. The quantitative estimate of drug-likeness (QED) is 0.169. The summed E-state index contributed by atoms with van der Waals surface area (Å²) in [4.78, 5) is 18.5. The second-order valence-corrected chi connectivity index (χ2v) is 9.68. The molecule has 5 aromatic rings. The fraction of sp³-hybridized carbons (Fsp3) is 0.0357. The fourth-order valence-corrected chi connectivity index (χ4v) is 5.44. The predicted molar refractivity (Wildman–Crippen MR) is 144 cm³/mol. The molecule has 7 heteroatoms. The first-order valence-corrected chi connectivity index (χ1v) is 12.4. The molecule has 5 rings (SSSR count). The van der Waals surface area contributed by atoms with Crippen LogP contribution in [-0.2, 0) is 0 Å². The number of carbonyl (C=O) groups is 1. The van der Waals surface area contributed by atoms with Gasteiger partial charge in [-0.2, -0.15) is 5.10 Å². The van der Waals surface area contributed by atoms with Crippen LogP contribution < -0.4 is 0 Å². The van der Waals surface area contributed by atoms with Gasteiger partial charge in [0.1, 0.15) is 5.03 Å². The highest BCUT2D eigenvalue weighted by atomic mass is 35.5. The zero-order valence-electron chi connectivity index (χ0n) is 18.7. The number of halogens is 2. The monoisotopic (exact) mass is 515 g/mol. The number of carbonyl (C=O) groups excluding carboxylic acids is 1. The van der Waals surface area contributed by atoms with Crippen molar-refractivity contribution in [2.24, 2.45) is 0 Å². The van der Waals surface area contributed by atoms with Crippen molar-refractivity contribution in [1.82, 2.24) is 14.8 Å². The molecule has 0 amide bonds. The standard InChI is InChI=1S/C28H19Cl2N3OS/c1-18-22(14-15-25(34)23-13-12-20(29)17-24(23)30)28(33(32-18)21-9-3-2-4-10-21)35-26-11-5-7-19-8-6-16-31-27(19)26/h2-17H,1H3/b15-14+. The van der Waals surface area contributed by atoms with Gasteiger partial charge in [-0.25, -0.2) is 4.68 Å². The summed E-state index contributed by atoms with van der Waals surface area (Å²) in [5.74, 6) is -0.207. The third-order valence-corrected chi connectivity index (χ3v) is 7.15. The van der Waals surface area contributed by atoms with Crippen LogP contribution in [0.1, 0.15) is 21.6 Å². The van der Waals surface area contributed by atoms with Crippen molar-refractivity contribution >= 4 is 57.7 Å². The Balaban J connectivity index is 1.60. The van der Waals surface area contributed by atoms with Crippen LogP contribution in [0.15, 0.2) is 101 Å². The number of para-hydroxylation sites is 2. The van der Waals surface area contributed by atoms with E-state index in [4.69, 9.17) is 28.3 Å². The molecule has 3 aromatic carbocycles. The highest BCUT2D eigenvalue weighted by molar-refractivity contribution is 7.99. The highest BCUT2D eigenvalue weighted by Crippen LogP contribution is 2.37. The van der Waals surface area contributed by atoms with Crippen LogP contribution in [0.4, 0.5) is 0 Å². The summed E-state index contributed by atoms with van der Waals surface area (Å²) in [5.41, 5.74) is 3.89. The molecule has 2 aromatic heterocycles. The minimum absolute atomic E-state index is 0.207. The van der Waals surface area contributed by atoms with Gasteiger partial charge >= 0.3 is 0 Å². The van der Waals surface area contributed by atoms with E-state index in [1.807, 2.05) is 72.3 Å². The smallest absolute Gasteiger partial charge is 0.187 e. The van der Waals surface area contributed by atoms with E-state index in [2.05, 4.69) is 4.98 Å². The Hall–Kier alpha value is -3.38. The summed E-state index contributed by atoms with van der Waals surface area (Å²) in [6.07, 6.45) is 5.12. The Morgan fingerprint density at radius 2 is 1.77 bits per heavy atom. The normalized spacial score (nSPS) is 11.4. The third kappa shape index (κ3) is 4.89. The minimum atomic E-state index is -0.207. The molecule has 0 N–H and O–H groups in total. The predicted octanol–water partition coefficient (Wildman–Crippen LogP) is 8.08. The average Bonchev–Trinajstić information content (AvgIpc) is 3.18. The topological polar surface area (TPSA) is 47.8 Å². The maximum absolute atomic E-state index is 12.9. The summed E-state index contributed by atoms with van der Waals surface area (Å²) in [6, 6.07) is 24.9. The van der Waals surface area contributed by atoms with E-state index in [0.717, 1.165) is 37.8 Å². The van der Waals surface area contributed by atoms with E-state index in [-0.39, 0.29) is 5.78 Å². The van der Waals surface area contributed by atoms with Crippen LogP contribution in [0.25, 0.3) is 22.7 Å². The van der Waals surface area contributed by atoms with Gasteiger partial charge < -0.3 is 0 Å². The van der Waals surface area contributed by atoms with Crippen molar-refractivity contribution in [3.05, 3.63) is 118 Å². The second kappa shape index (κ2) is 10.1. The average molecular weight is 516 g/mol. The molecule has 0 spiro atoms. The Morgan fingerprint density at radius 3 is 2.57 bits per heavy atom. The van der Waals surface area contributed by atoms with E-state index in [1.54, 1.807) is 42.2 Å². The maximum atomic E-state index is 12.9. The van der Waals surface area contributed by atoms with Crippen LogP contribution in [0.2, 0.25) is 10.0 Å². The molecule has 0 radical (unpaired) electrons. The van der Waals surface area contributed by atoms with Gasteiger partial charge in [-0.15, -0.1) is 0 Å². The lowest BCUT2D eigenvalue weighted by molar-refractivity contribution is 0.104. The molecule has 0 saturated carbocycles. The van der Waals surface area contributed by atoms with E-state index in [0.29, 0.717) is 15.6 Å². The summed E-state index contributed by atoms with van der Waals surface area (Å²) in [5, 5.41) is 7.56. The molecule has 0 aliphatic rings. The molecule has 0 aliphatic heterocycles. The summed E-state index contributed by atoms with van der Waals surface area (Å²) >= 11 is 13.8. The summed E-state index contributed by atoms with van der Waals surface area (Å²) in [6.45, 7) is 1.93. The zero-order valence-corrected chi connectivity index (χ0v) is 21.0. The number of allylic oxidation sites excluding steroid dienone is 1. The van der Waals surface area contributed by atoms with Gasteiger partial charge in [0.15, 0.2) is 5.78 Å². The summed E-state index contributed by atoms with van der Waals surface area (Å²) in [7, 11) is 0. The van der Waals surface area contributed by atoms with Gasteiger partial charge in [-0.1, -0.05) is 71.4 Å². The van der Waals surface area contributed by atoms with E-state index in [1.165, 1.54) is 6.08 Å². The molecule has 0 fully saturated rings. The summed E-state index contributed by atoms with van der Waals surface area (Å²) < 4.78 is 1.90. The Kier molecular flexibility index (Phi) is 6.73. The van der Waals surface area contributed by atoms with Crippen molar-refractivity contribution in [3.63, 3.8) is 0 Å². The number of hydrogen-bond donors (Lipinski definition) is 0. The lowest BCUT2D eigenvalue weighted by Crippen LogP contribution is -1.98. The third-order valence-electron chi connectivity index (χ3n) is 5.46. The Labute approximate surface area is 217 Å². The van der Waals surface area contributed by atoms with Crippen LogP contribution in [-0.4, -0.2) is 20.5 Å². The first-order chi connectivity index (χ1) is 17.0. The first-order valence-electron chi connectivity index (χ1n) is 10.9. The van der Waals surface area contributed by atoms with Gasteiger partial charge in [0.2, 0.25) is 0 Å². The van der Waals surface area contributed by atoms with Crippen LogP contribution in [0.5, 0.6) is 0 Å². The molecular weight excluding hydrogens is 497 g/mol. The van der Waals surface area contributed by atoms with Crippen molar-refractivity contribution in [1.29, 1.82) is 0 Å². The Morgan fingerprint density at radius 1 is 0.971 bits per heavy atom. The van der Waals surface area contributed by atoms with Crippen molar-refractivity contribution < 1.29 is 4.79 Å². The fourth-order valence-electron chi connectivity index (χ4n) is 3.75. The van der Waals surface area contributed by atoms with Crippen molar-refractivity contribution in [3.8, 4) is 5.69 Å². The van der Waals surface area contributed by atoms with Gasteiger partial charge in [-0.3, -0.25) is 9.78 Å². The first kappa shape index (κ1) is 23.4. The van der Waals surface area contributed by atoms with Crippen molar-refractivity contribution in [2.45, 2.75) is 16.8 Å². The van der Waals surface area contributed by atoms with E-state index < -0.39 is 0 Å².